The molecule has 4 fully saturated rings. The number of alkyl carbamates (subject to hydrolysis) is 1. The van der Waals surface area contributed by atoms with Crippen LogP contribution in [0.1, 0.15) is 115 Å². The normalized spacial score (nSPS) is 23.3. The second kappa shape index (κ2) is 22.0. The number of primary amides is 1. The molecule has 3 aliphatic heterocycles. The molecule has 8 amide bonds. The van der Waals surface area contributed by atoms with Crippen molar-refractivity contribution in [3.05, 3.63) is 64.1 Å². The van der Waals surface area contributed by atoms with E-state index in [0.717, 1.165) is 43.9 Å². The van der Waals surface area contributed by atoms with E-state index in [1.165, 1.54) is 26.2 Å². The fraction of sp³-hybridized carbons (Fsp3) is 0.580. The lowest BCUT2D eigenvalue weighted by Crippen LogP contribution is -2.62. The van der Waals surface area contributed by atoms with Crippen molar-refractivity contribution in [2.75, 3.05) is 19.3 Å². The highest BCUT2D eigenvalue weighted by Gasteiger charge is 2.46. The molecule has 4 aliphatic rings. The number of piperidine rings is 1. The van der Waals surface area contributed by atoms with Gasteiger partial charge in [-0.2, -0.15) is 0 Å². The van der Waals surface area contributed by atoms with E-state index in [1.807, 2.05) is 18.2 Å². The molecule has 2 aromatic carbocycles. The molecule has 72 heavy (non-hydrogen) atoms. The van der Waals surface area contributed by atoms with E-state index in [4.69, 9.17) is 10.5 Å². The summed E-state index contributed by atoms with van der Waals surface area (Å²) in [6.45, 7) is 5.13. The molecule has 5 atom stereocenters. The van der Waals surface area contributed by atoms with Crippen LogP contribution in [0, 0.1) is 11.8 Å². The van der Waals surface area contributed by atoms with Gasteiger partial charge in [0.2, 0.25) is 41.4 Å². The molecular weight excluding hydrogens is 951 g/mol. The van der Waals surface area contributed by atoms with Gasteiger partial charge in [-0.15, -0.1) is 0 Å². The summed E-state index contributed by atoms with van der Waals surface area (Å²) in [6.07, 6.45) is 5.66. The third kappa shape index (κ3) is 12.9. The van der Waals surface area contributed by atoms with Crippen LogP contribution in [0.3, 0.4) is 0 Å². The van der Waals surface area contributed by atoms with E-state index in [2.05, 4.69) is 21.3 Å². The molecule has 0 spiro atoms. The molecule has 3 saturated heterocycles. The molecule has 6 N–H and O–H groups in total. The minimum absolute atomic E-state index is 0.00756. The van der Waals surface area contributed by atoms with Crippen LogP contribution in [-0.4, -0.2) is 124 Å². The van der Waals surface area contributed by atoms with Gasteiger partial charge in [0.25, 0.3) is 0 Å². The van der Waals surface area contributed by atoms with Gasteiger partial charge < -0.3 is 36.2 Å². The quantitative estimate of drug-likeness (QED) is 0.137. The van der Waals surface area contributed by atoms with Crippen LogP contribution in [0.4, 0.5) is 4.79 Å². The van der Waals surface area contributed by atoms with Crippen LogP contribution >= 0.6 is 0 Å². The Balaban J connectivity index is 0.981. The van der Waals surface area contributed by atoms with Crippen LogP contribution < -0.4 is 32.7 Å². The Bertz CT molecular complexity index is 2770. The predicted octanol–water partition coefficient (Wildman–Crippen LogP) is 2.01. The number of ether oxygens (including phenoxy) is 1. The summed E-state index contributed by atoms with van der Waals surface area (Å²) in [5.74, 6) is -3.08. The number of carbonyl (C=O) groups excluding carboxylic acids is 8. The lowest BCUT2D eigenvalue weighted by Gasteiger charge is -2.39. The molecule has 1 saturated carbocycles. The maximum atomic E-state index is 14.6. The van der Waals surface area contributed by atoms with Crippen molar-refractivity contribution in [3.63, 3.8) is 0 Å². The largest absolute Gasteiger partial charge is 0.444 e. The van der Waals surface area contributed by atoms with Gasteiger partial charge in [-0.25, -0.2) is 18.0 Å². The molecular formula is C50H67N9O12S. The topological polar surface area (TPSA) is 287 Å². The second-order valence-corrected chi connectivity index (χ2v) is 22.8. The Labute approximate surface area is 418 Å². The van der Waals surface area contributed by atoms with Crippen LogP contribution in [0.25, 0.3) is 11.0 Å². The number of imidazole rings is 1. The van der Waals surface area contributed by atoms with E-state index in [1.54, 1.807) is 44.9 Å². The predicted molar refractivity (Wildman–Crippen MR) is 262 cm³/mol. The van der Waals surface area contributed by atoms with Crippen molar-refractivity contribution in [2.24, 2.45) is 24.6 Å². The molecule has 22 heteroatoms. The Morgan fingerprint density at radius 3 is 2.21 bits per heavy atom. The lowest BCUT2D eigenvalue weighted by atomic mass is 9.78. The summed E-state index contributed by atoms with van der Waals surface area (Å²) < 4.78 is 32.3. The zero-order valence-corrected chi connectivity index (χ0v) is 42.4. The maximum Gasteiger partial charge on any atom is 0.408 e. The first-order chi connectivity index (χ1) is 33.9. The molecule has 1 aromatic heterocycles. The molecule has 0 radical (unpaired) electrons. The van der Waals surface area contributed by atoms with Gasteiger partial charge in [-0.3, -0.25) is 48.0 Å². The summed E-state index contributed by atoms with van der Waals surface area (Å²) in [6, 6.07) is 6.99. The van der Waals surface area contributed by atoms with E-state index < -0.39 is 81.3 Å². The fourth-order valence-corrected chi connectivity index (χ4v) is 11.2. The highest BCUT2D eigenvalue weighted by molar-refractivity contribution is 7.90. The number of amides is 8. The average molecular weight is 1020 g/mol. The molecule has 1 aliphatic carbocycles. The zero-order chi connectivity index (χ0) is 52.2. The van der Waals surface area contributed by atoms with Gasteiger partial charge in [0.15, 0.2) is 9.84 Å². The number of carbonyl (C=O) groups is 8. The Hall–Kier alpha value is -6.58. The number of imide groups is 1. The van der Waals surface area contributed by atoms with Crippen molar-refractivity contribution < 1.29 is 51.5 Å². The third-order valence-corrected chi connectivity index (χ3v) is 15.4. The Morgan fingerprint density at radius 1 is 0.875 bits per heavy atom. The molecule has 21 nitrogen and oxygen atoms in total. The first-order valence-corrected chi connectivity index (χ1v) is 26.6. The molecule has 1 unspecified atom stereocenters. The smallest absolute Gasteiger partial charge is 0.408 e. The summed E-state index contributed by atoms with van der Waals surface area (Å²) in [5.41, 5.74) is 7.16. The number of nitrogens with two attached hydrogens (primary N) is 1. The molecule has 3 aromatic rings. The van der Waals surface area contributed by atoms with Gasteiger partial charge in [-0.1, -0.05) is 18.2 Å². The van der Waals surface area contributed by atoms with Crippen LogP contribution in [-0.2, 0) is 68.1 Å². The van der Waals surface area contributed by atoms with E-state index in [9.17, 15) is 51.6 Å². The second-order valence-electron chi connectivity index (χ2n) is 20.8. The minimum Gasteiger partial charge on any atom is -0.444 e. The van der Waals surface area contributed by atoms with Crippen LogP contribution in [0.5, 0.6) is 0 Å². The Morgan fingerprint density at radius 2 is 1.56 bits per heavy atom. The van der Waals surface area contributed by atoms with Crippen LogP contribution in [0.15, 0.2) is 52.2 Å². The maximum absolute atomic E-state index is 14.6. The van der Waals surface area contributed by atoms with Crippen LogP contribution in [0.2, 0.25) is 0 Å². The molecule has 4 heterocycles. The van der Waals surface area contributed by atoms with Crippen molar-refractivity contribution in [1.29, 1.82) is 0 Å². The summed E-state index contributed by atoms with van der Waals surface area (Å²) >= 11 is 0. The summed E-state index contributed by atoms with van der Waals surface area (Å²) in [7, 11) is -1.76. The molecule has 390 valence electrons. The lowest BCUT2D eigenvalue weighted by molar-refractivity contribution is -0.146. The van der Waals surface area contributed by atoms with Crippen molar-refractivity contribution in [2.45, 2.75) is 151 Å². The van der Waals surface area contributed by atoms with E-state index >= 15 is 0 Å². The number of fused-ring (bicyclic) bond motifs is 2. The van der Waals surface area contributed by atoms with Crippen molar-refractivity contribution in [1.82, 2.24) is 40.2 Å². The average Bonchev–Trinajstić information content (AvgIpc) is 3.84. The highest BCUT2D eigenvalue weighted by Crippen LogP contribution is 2.35. The van der Waals surface area contributed by atoms with Crippen molar-refractivity contribution in [3.8, 4) is 0 Å². The number of aryl methyl sites for hydroxylation is 1. The minimum atomic E-state index is -3.43. The fourth-order valence-electron chi connectivity index (χ4n) is 10.5. The standard InChI is InChI=1S/C50H67N9O12S/c1-50(2,3)71-48(67)54-36-28-57(43(62)26-30-8-6-29(7-9-30)24-32-12-17-37-40(25-32)56(4)49(68)59(37)39-19-21-42(61)55-46(39)65)23-22-33-13-18-38(58(33)47(36)66)45(64)53-35(16-20-41(51)60)44(63)52-27-31-10-14-34(15-11-31)72(5,69)70/h10-12,14-15,17,25,29-30,33,35-36,38-39H,6-9,13,16,18-24,26-28H2,1-5H3,(H2,51,60)(H,52,63)(H,53,64)(H,54,67)(H,55,61,65)/t29-,30-,33-,35+,36+,38+,39?/m1/s1. The number of benzene rings is 2. The number of aromatic nitrogens is 2. The summed E-state index contributed by atoms with van der Waals surface area (Å²) in [4.78, 5) is 122. The number of hydrogen-bond acceptors (Lipinski definition) is 12. The van der Waals surface area contributed by atoms with Gasteiger partial charge >= 0.3 is 11.8 Å². The molecule has 0 bridgehead atoms. The number of rotatable bonds is 15. The van der Waals surface area contributed by atoms with E-state index in [0.29, 0.717) is 35.4 Å². The zero-order valence-electron chi connectivity index (χ0n) is 41.6. The monoisotopic (exact) mass is 1020 g/mol. The van der Waals surface area contributed by atoms with Gasteiger partial charge in [0.1, 0.15) is 29.8 Å². The Kier molecular flexibility index (Phi) is 16.3. The van der Waals surface area contributed by atoms with Gasteiger partial charge in [0.05, 0.1) is 22.5 Å². The first-order valence-electron chi connectivity index (χ1n) is 24.7. The number of nitrogens with zero attached hydrogens (tertiary/aromatic N) is 4. The third-order valence-electron chi connectivity index (χ3n) is 14.3. The number of nitrogens with one attached hydrogen (secondary N) is 4. The highest BCUT2D eigenvalue weighted by atomic mass is 32.2. The van der Waals surface area contributed by atoms with E-state index in [-0.39, 0.29) is 86.5 Å². The number of sulfone groups is 1. The molecule has 7 rings (SSSR count). The number of hydrogen-bond donors (Lipinski definition) is 5. The van der Waals surface area contributed by atoms with Gasteiger partial charge in [-0.05, 0) is 132 Å². The first kappa shape index (κ1) is 53.2. The van der Waals surface area contributed by atoms with Gasteiger partial charge in [0, 0.05) is 51.7 Å². The van der Waals surface area contributed by atoms with Crippen molar-refractivity contribution >= 4 is 68.3 Å². The summed E-state index contributed by atoms with van der Waals surface area (Å²) in [5, 5.41) is 10.5. The SMILES string of the molecule is Cn1c(=O)n(C2CCC(=O)NC2=O)c2ccc(C[C@H]3CC[C@H](CC(=O)N4CC[C@H]5CC[C@@H](C(=O)N[C@@H](CCC(N)=O)C(=O)NCc6ccc(S(C)(=O)=O)cc6)N5C(=O)[C@@H](NC(=O)OC(C)(C)C)C4)CC3)cc21.